The van der Waals surface area contributed by atoms with Crippen LogP contribution in [0.3, 0.4) is 0 Å². The molecule has 2 N–H and O–H groups in total. The second kappa shape index (κ2) is 12.1. The van der Waals surface area contributed by atoms with E-state index in [1.807, 2.05) is 6.07 Å². The van der Waals surface area contributed by atoms with Crippen LogP contribution in [0.5, 0.6) is 11.5 Å². The Morgan fingerprint density at radius 2 is 1.83 bits per heavy atom. The summed E-state index contributed by atoms with van der Waals surface area (Å²) in [7, 11) is 0. The van der Waals surface area contributed by atoms with Crippen molar-refractivity contribution in [3.8, 4) is 11.5 Å². The van der Waals surface area contributed by atoms with E-state index in [1.165, 1.54) is 5.56 Å². The van der Waals surface area contributed by atoms with Crippen molar-refractivity contribution < 1.29 is 32.5 Å². The number of carboxylic acid groups (broad SMARTS) is 1. The molecule has 0 atom stereocenters. The molecule has 0 saturated carbocycles. The van der Waals surface area contributed by atoms with Crippen molar-refractivity contribution in [2.75, 3.05) is 26.3 Å². The molecule has 0 radical (unpaired) electrons. The van der Waals surface area contributed by atoms with Gasteiger partial charge in [-0.25, -0.2) is 9.78 Å². The summed E-state index contributed by atoms with van der Waals surface area (Å²) in [6.07, 6.45) is -0.00244. The first-order chi connectivity index (χ1) is 16.7. The number of H-pyrrole nitrogens is 1. The quantitative estimate of drug-likeness (QED) is 0.624. The number of piperidine rings is 1. The maximum Gasteiger partial charge on any atom is 0.490 e. The van der Waals surface area contributed by atoms with Crippen LogP contribution in [0.15, 0.2) is 29.1 Å². The van der Waals surface area contributed by atoms with Gasteiger partial charge in [-0.3, -0.25) is 9.69 Å². The van der Waals surface area contributed by atoms with Crippen LogP contribution in [0.2, 0.25) is 0 Å². The van der Waals surface area contributed by atoms with Crippen molar-refractivity contribution in [2.45, 2.75) is 57.7 Å². The third-order valence-corrected chi connectivity index (χ3v) is 5.84. The number of unbranched alkanes of at least 4 members (excludes halogenated alkanes) is 1. The Kier molecular flexibility index (Phi) is 9.13. The first kappa shape index (κ1) is 26.5. The Hall–Kier alpha value is -3.08. The number of fused-ring (bicyclic) bond motifs is 1. The van der Waals surface area contributed by atoms with Gasteiger partial charge in [-0.1, -0.05) is 19.4 Å². The van der Waals surface area contributed by atoms with Crippen molar-refractivity contribution in [1.82, 2.24) is 14.9 Å². The molecular weight excluding hydrogens is 467 g/mol. The Morgan fingerprint density at radius 3 is 2.46 bits per heavy atom. The molecule has 0 bridgehead atoms. The van der Waals surface area contributed by atoms with Crippen LogP contribution in [0, 0.1) is 0 Å². The molecule has 1 aromatic heterocycles. The first-order valence-corrected chi connectivity index (χ1v) is 11.7. The second-order valence-electron chi connectivity index (χ2n) is 8.55. The van der Waals surface area contributed by atoms with Crippen LogP contribution in [0.4, 0.5) is 13.2 Å². The highest BCUT2D eigenvalue weighted by atomic mass is 19.4. The van der Waals surface area contributed by atoms with E-state index in [9.17, 15) is 18.0 Å². The number of halogens is 3. The highest BCUT2D eigenvalue weighted by Crippen LogP contribution is 2.32. The number of rotatable bonds is 6. The molecule has 11 heteroatoms. The fourth-order valence-electron chi connectivity index (χ4n) is 4.03. The SMILES string of the molecule is CCCCc1nc(C2CCN(Cc3ccc4c(c3)OCCO4)CC2)cc(=O)[nH]1.O=C(O)C(F)(F)F. The van der Waals surface area contributed by atoms with Crippen LogP contribution in [-0.4, -0.2) is 58.4 Å². The third-order valence-electron chi connectivity index (χ3n) is 5.84. The summed E-state index contributed by atoms with van der Waals surface area (Å²) in [6.45, 7) is 6.32. The minimum absolute atomic E-state index is 0.0187. The Labute approximate surface area is 201 Å². The molecule has 3 heterocycles. The summed E-state index contributed by atoms with van der Waals surface area (Å²) in [4.78, 5) is 31.0. The maximum absolute atomic E-state index is 12.0. The number of carboxylic acids is 1. The summed E-state index contributed by atoms with van der Waals surface area (Å²) >= 11 is 0. The van der Waals surface area contributed by atoms with Gasteiger partial charge in [-0.05, 0) is 50.0 Å². The Balaban J connectivity index is 0.000000429. The largest absolute Gasteiger partial charge is 0.490 e. The second-order valence-corrected chi connectivity index (χ2v) is 8.55. The van der Waals surface area contributed by atoms with Crippen molar-refractivity contribution in [3.63, 3.8) is 0 Å². The van der Waals surface area contributed by atoms with E-state index < -0.39 is 12.1 Å². The van der Waals surface area contributed by atoms with Gasteiger partial charge < -0.3 is 19.6 Å². The van der Waals surface area contributed by atoms with Gasteiger partial charge in [0.1, 0.15) is 19.0 Å². The van der Waals surface area contributed by atoms with Crippen LogP contribution in [-0.2, 0) is 17.8 Å². The minimum atomic E-state index is -5.08. The van der Waals surface area contributed by atoms with Gasteiger partial charge in [0.15, 0.2) is 11.5 Å². The molecular formula is C24H30F3N3O5. The molecule has 2 aliphatic heterocycles. The fraction of sp³-hybridized carbons (Fsp3) is 0.542. The van der Waals surface area contributed by atoms with E-state index in [-0.39, 0.29) is 5.56 Å². The van der Waals surface area contributed by atoms with Crippen molar-refractivity contribution in [2.24, 2.45) is 0 Å². The zero-order valence-corrected chi connectivity index (χ0v) is 19.6. The lowest BCUT2D eigenvalue weighted by Gasteiger charge is -2.32. The molecule has 1 aromatic carbocycles. The van der Waals surface area contributed by atoms with E-state index in [0.29, 0.717) is 19.1 Å². The zero-order chi connectivity index (χ0) is 25.4. The van der Waals surface area contributed by atoms with Gasteiger partial charge in [-0.15, -0.1) is 0 Å². The molecule has 35 heavy (non-hydrogen) atoms. The molecule has 1 saturated heterocycles. The van der Waals surface area contributed by atoms with Crippen molar-refractivity contribution >= 4 is 5.97 Å². The topological polar surface area (TPSA) is 105 Å². The minimum Gasteiger partial charge on any atom is -0.486 e. The number of carbonyl (C=O) groups is 1. The number of benzene rings is 1. The highest BCUT2D eigenvalue weighted by molar-refractivity contribution is 5.73. The van der Waals surface area contributed by atoms with Crippen molar-refractivity contribution in [1.29, 1.82) is 0 Å². The summed E-state index contributed by atoms with van der Waals surface area (Å²) in [5.41, 5.74) is 2.20. The van der Waals surface area contributed by atoms with E-state index in [2.05, 4.69) is 28.9 Å². The molecule has 0 aliphatic carbocycles. The number of alkyl halides is 3. The lowest BCUT2D eigenvalue weighted by atomic mass is 9.93. The summed E-state index contributed by atoms with van der Waals surface area (Å²) in [5, 5.41) is 7.12. The molecule has 1 fully saturated rings. The fourth-order valence-corrected chi connectivity index (χ4v) is 4.03. The average molecular weight is 498 g/mol. The predicted octanol–water partition coefficient (Wildman–Crippen LogP) is 3.90. The molecule has 8 nitrogen and oxygen atoms in total. The molecule has 4 rings (SSSR count). The van der Waals surface area contributed by atoms with E-state index >= 15 is 0 Å². The van der Waals surface area contributed by atoms with Crippen LogP contribution in [0.1, 0.15) is 55.6 Å². The summed E-state index contributed by atoms with van der Waals surface area (Å²) in [5.74, 6) is 0.147. The Bertz CT molecular complexity index is 1050. The summed E-state index contributed by atoms with van der Waals surface area (Å²) < 4.78 is 43.0. The van der Waals surface area contributed by atoms with Gasteiger partial charge in [0.2, 0.25) is 0 Å². The number of ether oxygens (including phenoxy) is 2. The van der Waals surface area contributed by atoms with E-state index in [0.717, 1.165) is 74.8 Å². The number of likely N-dealkylation sites (tertiary alicyclic amines) is 1. The number of aliphatic carboxylic acids is 1. The Morgan fingerprint density at radius 1 is 1.17 bits per heavy atom. The lowest BCUT2D eigenvalue weighted by molar-refractivity contribution is -0.192. The number of hydrogen-bond acceptors (Lipinski definition) is 6. The third kappa shape index (κ3) is 7.98. The first-order valence-electron chi connectivity index (χ1n) is 11.7. The molecule has 2 aromatic rings. The van der Waals surface area contributed by atoms with Gasteiger partial charge in [-0.2, -0.15) is 13.2 Å². The standard InChI is InChI=1S/C22H29N3O3.C2HF3O2/c1-2-3-4-21-23-18(14-22(26)24-21)17-7-9-25(10-8-17)15-16-5-6-19-20(13-16)28-12-11-27-19;3-2(4,5)1(6)7/h5-6,13-14,17H,2-4,7-12,15H2,1H3,(H,23,24,26);(H,6,7). The molecule has 0 spiro atoms. The van der Waals surface area contributed by atoms with Gasteiger partial charge in [0, 0.05) is 24.9 Å². The van der Waals surface area contributed by atoms with Crippen LogP contribution in [0.25, 0.3) is 0 Å². The predicted molar refractivity (Wildman–Crippen MR) is 122 cm³/mol. The molecule has 2 aliphatic rings. The molecule has 0 amide bonds. The number of nitrogens with one attached hydrogen (secondary N) is 1. The van der Waals surface area contributed by atoms with Crippen LogP contribution < -0.4 is 15.0 Å². The number of aromatic nitrogens is 2. The van der Waals surface area contributed by atoms with E-state index in [4.69, 9.17) is 24.4 Å². The smallest absolute Gasteiger partial charge is 0.486 e. The molecule has 0 unspecified atom stereocenters. The average Bonchev–Trinajstić information content (AvgIpc) is 2.82. The normalized spacial score (nSPS) is 16.3. The zero-order valence-electron chi connectivity index (χ0n) is 19.6. The lowest BCUT2D eigenvalue weighted by Crippen LogP contribution is -2.33. The number of aromatic amines is 1. The number of nitrogens with zero attached hydrogens (tertiary/aromatic N) is 2. The highest BCUT2D eigenvalue weighted by Gasteiger charge is 2.38. The molecule has 192 valence electrons. The number of hydrogen-bond donors (Lipinski definition) is 2. The van der Waals surface area contributed by atoms with Crippen molar-refractivity contribution in [3.05, 3.63) is 51.7 Å². The summed E-state index contributed by atoms with van der Waals surface area (Å²) in [6, 6.07) is 7.92. The number of aryl methyl sites for hydroxylation is 1. The van der Waals surface area contributed by atoms with Crippen LogP contribution >= 0.6 is 0 Å². The van der Waals surface area contributed by atoms with Gasteiger partial charge in [0.05, 0.1) is 5.69 Å². The maximum atomic E-state index is 12.0. The van der Waals surface area contributed by atoms with Gasteiger partial charge >= 0.3 is 12.1 Å². The monoisotopic (exact) mass is 497 g/mol. The van der Waals surface area contributed by atoms with Gasteiger partial charge in [0.25, 0.3) is 5.56 Å². The van der Waals surface area contributed by atoms with E-state index in [1.54, 1.807) is 6.07 Å².